The number of nitrogens with zero attached hydrogens (tertiary/aromatic N) is 1. The zero-order chi connectivity index (χ0) is 5.98. The second-order valence-electron chi connectivity index (χ2n) is 2.04. The van der Waals surface area contributed by atoms with Crippen LogP contribution in [-0.4, -0.2) is 38.0 Å². The summed E-state index contributed by atoms with van der Waals surface area (Å²) in [5.74, 6) is 0. The van der Waals surface area contributed by atoms with Crippen LogP contribution in [0.25, 0.3) is 0 Å². The van der Waals surface area contributed by atoms with Crippen LogP contribution < -0.4 is 0 Å². The van der Waals surface area contributed by atoms with Crippen molar-refractivity contribution >= 4 is 0 Å². The molecule has 0 aromatic carbocycles. The van der Waals surface area contributed by atoms with Crippen LogP contribution in [0.4, 0.5) is 4.39 Å². The third kappa shape index (κ3) is 1.42. The van der Waals surface area contributed by atoms with Crippen LogP contribution in [0.3, 0.4) is 0 Å². The van der Waals surface area contributed by atoms with Crippen molar-refractivity contribution < 1.29 is 9.13 Å². The largest absolute Gasteiger partial charge is 0.346 e. The van der Waals surface area contributed by atoms with Gasteiger partial charge in [-0.15, -0.1) is 0 Å². The zero-order valence-electron chi connectivity index (χ0n) is 4.93. The van der Waals surface area contributed by atoms with Gasteiger partial charge in [0.2, 0.25) is 6.36 Å². The first-order valence-electron chi connectivity index (χ1n) is 2.73. The van der Waals surface area contributed by atoms with E-state index < -0.39 is 6.36 Å². The molecule has 3 heteroatoms. The van der Waals surface area contributed by atoms with Gasteiger partial charge in [0.15, 0.2) is 0 Å². The Hall–Kier alpha value is -0.150. The minimum Gasteiger partial charge on any atom is -0.346 e. The number of ether oxygens (including phenoxy) is 1. The van der Waals surface area contributed by atoms with Crippen molar-refractivity contribution in [1.82, 2.24) is 4.90 Å². The van der Waals surface area contributed by atoms with Crippen LogP contribution in [0.1, 0.15) is 0 Å². The Morgan fingerprint density at radius 3 is 2.88 bits per heavy atom. The fraction of sp³-hybridized carbons (Fsp3) is 1.00. The molecule has 2 nitrogen and oxygen atoms in total. The minimum atomic E-state index is -1.06. The van der Waals surface area contributed by atoms with E-state index in [1.165, 1.54) is 0 Å². The summed E-state index contributed by atoms with van der Waals surface area (Å²) in [6, 6.07) is 0. The Morgan fingerprint density at radius 2 is 2.50 bits per heavy atom. The lowest BCUT2D eigenvalue weighted by Gasteiger charge is -2.24. The van der Waals surface area contributed by atoms with Gasteiger partial charge in [-0.1, -0.05) is 0 Å². The van der Waals surface area contributed by atoms with Crippen molar-refractivity contribution in [1.29, 1.82) is 0 Å². The molecule has 1 aliphatic rings. The van der Waals surface area contributed by atoms with Crippen molar-refractivity contribution in [2.45, 2.75) is 6.36 Å². The van der Waals surface area contributed by atoms with Crippen molar-refractivity contribution in [2.75, 3.05) is 26.7 Å². The van der Waals surface area contributed by atoms with Gasteiger partial charge in [-0.25, -0.2) is 4.39 Å². The van der Waals surface area contributed by atoms with E-state index >= 15 is 0 Å². The molecule has 0 N–H and O–H groups in total. The summed E-state index contributed by atoms with van der Waals surface area (Å²) in [5.41, 5.74) is 0. The molecule has 1 rings (SSSR count). The number of rotatable bonds is 0. The average molecular weight is 119 g/mol. The van der Waals surface area contributed by atoms with E-state index in [0.29, 0.717) is 13.2 Å². The number of halogens is 1. The van der Waals surface area contributed by atoms with Gasteiger partial charge < -0.3 is 4.74 Å². The Morgan fingerprint density at radius 1 is 1.75 bits per heavy atom. The Kier molecular flexibility index (Phi) is 1.81. The van der Waals surface area contributed by atoms with Gasteiger partial charge in [0.05, 0.1) is 13.2 Å². The Labute approximate surface area is 48.2 Å². The molecule has 1 heterocycles. The molecule has 1 aliphatic heterocycles. The number of hydrogen-bond donors (Lipinski definition) is 0. The summed E-state index contributed by atoms with van der Waals surface area (Å²) in [6.45, 7) is 1.79. The lowest BCUT2D eigenvalue weighted by Crippen LogP contribution is -2.37. The van der Waals surface area contributed by atoms with Gasteiger partial charge in [0, 0.05) is 6.54 Å². The van der Waals surface area contributed by atoms with E-state index in [4.69, 9.17) is 0 Å². The van der Waals surface area contributed by atoms with Gasteiger partial charge in [-0.2, -0.15) is 0 Å². The topological polar surface area (TPSA) is 12.5 Å². The quantitative estimate of drug-likeness (QED) is 0.453. The number of alkyl halides is 1. The SMILES string of the molecule is CN1CCO[C@H](F)C1. The molecule has 0 aromatic rings. The van der Waals surface area contributed by atoms with Gasteiger partial charge in [0.1, 0.15) is 0 Å². The summed E-state index contributed by atoms with van der Waals surface area (Å²) >= 11 is 0. The molecule has 1 atom stereocenters. The first kappa shape index (κ1) is 5.98. The summed E-state index contributed by atoms with van der Waals surface area (Å²) in [6.07, 6.45) is -1.06. The van der Waals surface area contributed by atoms with Crippen LogP contribution in [0.5, 0.6) is 0 Å². The van der Waals surface area contributed by atoms with Gasteiger partial charge in [-0.3, -0.25) is 4.90 Å². The zero-order valence-corrected chi connectivity index (χ0v) is 4.93. The molecule has 0 spiro atoms. The van der Waals surface area contributed by atoms with Crippen LogP contribution in [0.2, 0.25) is 0 Å². The standard InChI is InChI=1S/C5H10FNO/c1-7-2-3-8-5(6)4-7/h5H,2-4H2,1H3/t5-/m0/s1. The van der Waals surface area contributed by atoms with Crippen LogP contribution in [0.15, 0.2) is 0 Å². The van der Waals surface area contributed by atoms with E-state index in [1.807, 2.05) is 11.9 Å². The summed E-state index contributed by atoms with van der Waals surface area (Å²) in [4.78, 5) is 1.91. The van der Waals surface area contributed by atoms with Crippen molar-refractivity contribution in [2.24, 2.45) is 0 Å². The number of morpholine rings is 1. The first-order valence-corrected chi connectivity index (χ1v) is 2.73. The average Bonchev–Trinajstić information content (AvgIpc) is 1.64. The molecule has 0 aromatic heterocycles. The number of hydrogen-bond acceptors (Lipinski definition) is 2. The van der Waals surface area contributed by atoms with E-state index in [1.54, 1.807) is 0 Å². The third-order valence-electron chi connectivity index (χ3n) is 1.23. The first-order chi connectivity index (χ1) is 3.79. The van der Waals surface area contributed by atoms with E-state index in [9.17, 15) is 4.39 Å². The van der Waals surface area contributed by atoms with Crippen LogP contribution in [-0.2, 0) is 4.74 Å². The lowest BCUT2D eigenvalue weighted by atomic mass is 10.4. The predicted octanol–water partition coefficient (Wildman–Crippen LogP) is 0.244. The lowest BCUT2D eigenvalue weighted by molar-refractivity contribution is -0.0918. The maximum absolute atomic E-state index is 12.2. The maximum Gasteiger partial charge on any atom is 0.211 e. The van der Waals surface area contributed by atoms with Crippen LogP contribution in [0, 0.1) is 0 Å². The normalized spacial score (nSPS) is 33.0. The minimum absolute atomic E-state index is 0.417. The molecule has 8 heavy (non-hydrogen) atoms. The van der Waals surface area contributed by atoms with Crippen molar-refractivity contribution in [3.63, 3.8) is 0 Å². The summed E-state index contributed by atoms with van der Waals surface area (Å²) in [5, 5.41) is 0. The summed E-state index contributed by atoms with van der Waals surface area (Å²) < 4.78 is 16.8. The van der Waals surface area contributed by atoms with Crippen molar-refractivity contribution in [3.8, 4) is 0 Å². The second-order valence-corrected chi connectivity index (χ2v) is 2.04. The molecule has 48 valence electrons. The maximum atomic E-state index is 12.2. The third-order valence-corrected chi connectivity index (χ3v) is 1.23. The molecule has 1 fully saturated rings. The summed E-state index contributed by atoms with van der Waals surface area (Å²) in [7, 11) is 1.88. The Balaban J connectivity index is 2.23. The van der Waals surface area contributed by atoms with E-state index in [2.05, 4.69) is 4.74 Å². The second kappa shape index (κ2) is 2.42. The molecule has 0 saturated carbocycles. The molecule has 0 aliphatic carbocycles. The van der Waals surface area contributed by atoms with Gasteiger partial charge in [0.25, 0.3) is 0 Å². The highest BCUT2D eigenvalue weighted by Gasteiger charge is 2.14. The van der Waals surface area contributed by atoms with E-state index in [-0.39, 0.29) is 0 Å². The van der Waals surface area contributed by atoms with Crippen molar-refractivity contribution in [3.05, 3.63) is 0 Å². The van der Waals surface area contributed by atoms with E-state index in [0.717, 1.165) is 6.54 Å². The molecule has 1 saturated heterocycles. The number of likely N-dealkylation sites (N-methyl/N-ethyl adjacent to an activating group) is 1. The molecule has 0 unspecified atom stereocenters. The highest BCUT2D eigenvalue weighted by Crippen LogP contribution is 2.01. The molecule has 0 bridgehead atoms. The highest BCUT2D eigenvalue weighted by molar-refractivity contribution is 4.58. The van der Waals surface area contributed by atoms with Gasteiger partial charge >= 0.3 is 0 Å². The smallest absolute Gasteiger partial charge is 0.211 e. The monoisotopic (exact) mass is 119 g/mol. The molecular formula is C5H10FNO. The molecule has 0 amide bonds. The Bertz CT molecular complexity index is 70.8. The molecule has 0 radical (unpaired) electrons. The van der Waals surface area contributed by atoms with Crippen LogP contribution >= 0.6 is 0 Å². The van der Waals surface area contributed by atoms with Gasteiger partial charge in [-0.05, 0) is 7.05 Å². The fourth-order valence-electron chi connectivity index (χ4n) is 0.725. The highest BCUT2D eigenvalue weighted by atomic mass is 19.1. The predicted molar refractivity (Wildman–Crippen MR) is 28.3 cm³/mol. The fourth-order valence-corrected chi connectivity index (χ4v) is 0.725. The molecular weight excluding hydrogens is 109 g/mol.